The zero-order valence-electron chi connectivity index (χ0n) is 24.9. The highest BCUT2D eigenvalue weighted by molar-refractivity contribution is 5.30. The summed E-state index contributed by atoms with van der Waals surface area (Å²) >= 11 is 0. The van der Waals surface area contributed by atoms with Crippen molar-refractivity contribution in [1.29, 1.82) is 0 Å². The topological polar surface area (TPSA) is 35.2 Å². The third-order valence-electron chi connectivity index (χ3n) is 11.9. The summed E-state index contributed by atoms with van der Waals surface area (Å²) in [5, 5.41) is 0. The van der Waals surface area contributed by atoms with Crippen LogP contribution in [0.1, 0.15) is 150 Å². The minimum absolute atomic E-state index is 0.0180. The van der Waals surface area contributed by atoms with Gasteiger partial charge in [0, 0.05) is 12.1 Å². The molecule has 2 N–H and O–H groups in total. The van der Waals surface area contributed by atoms with Gasteiger partial charge in [-0.05, 0) is 98.7 Å². The Morgan fingerprint density at radius 1 is 0.917 bits per heavy atom. The Kier molecular flexibility index (Phi) is 9.74. The Morgan fingerprint density at radius 3 is 2.47 bits per heavy atom. The number of nitrogens with two attached hydrogens (primary N) is 1. The molecule has 2 heteroatoms. The number of hydrogen-bond donors (Lipinski definition) is 1. The molecule has 0 radical (unpaired) electrons. The van der Waals surface area contributed by atoms with Crippen molar-refractivity contribution in [2.45, 2.75) is 162 Å². The molecule has 0 bridgehead atoms. The molecule has 3 fully saturated rings. The van der Waals surface area contributed by atoms with Crippen LogP contribution in [0.25, 0.3) is 0 Å². The highest BCUT2D eigenvalue weighted by atomic mass is 16.5. The smallest absolute Gasteiger partial charge is 0.0612 e. The van der Waals surface area contributed by atoms with Gasteiger partial charge in [-0.25, -0.2) is 0 Å². The second kappa shape index (κ2) is 12.2. The van der Waals surface area contributed by atoms with Gasteiger partial charge in [0.25, 0.3) is 0 Å². The number of unbranched alkanes of at least 4 members (excludes halogenated alkanes) is 6. The van der Waals surface area contributed by atoms with Gasteiger partial charge >= 0.3 is 0 Å². The molecule has 4 aliphatic rings. The van der Waals surface area contributed by atoms with Crippen molar-refractivity contribution in [2.75, 3.05) is 6.61 Å². The van der Waals surface area contributed by atoms with Gasteiger partial charge in [0.1, 0.15) is 0 Å². The van der Waals surface area contributed by atoms with Crippen LogP contribution in [-0.2, 0) is 4.74 Å². The lowest BCUT2D eigenvalue weighted by Gasteiger charge is -2.63. The van der Waals surface area contributed by atoms with Gasteiger partial charge in [0.15, 0.2) is 0 Å². The molecule has 4 rings (SSSR count). The van der Waals surface area contributed by atoms with Gasteiger partial charge in [-0.2, -0.15) is 0 Å². The summed E-state index contributed by atoms with van der Waals surface area (Å²) in [5.41, 5.74) is 10.1. The maximum absolute atomic E-state index is 7.59. The van der Waals surface area contributed by atoms with Crippen molar-refractivity contribution in [3.05, 3.63) is 11.6 Å². The summed E-state index contributed by atoms with van der Waals surface area (Å²) in [6.07, 6.45) is 27.2. The third-order valence-corrected chi connectivity index (χ3v) is 11.9. The van der Waals surface area contributed by atoms with Gasteiger partial charge in [-0.3, -0.25) is 0 Å². The molecule has 0 saturated heterocycles. The van der Waals surface area contributed by atoms with Crippen LogP contribution < -0.4 is 5.73 Å². The number of hydrogen-bond acceptors (Lipinski definition) is 2. The fourth-order valence-corrected chi connectivity index (χ4v) is 9.64. The molecule has 0 amide bonds. The van der Waals surface area contributed by atoms with Crippen LogP contribution in [0.4, 0.5) is 0 Å². The Hall–Kier alpha value is -0.340. The van der Waals surface area contributed by atoms with E-state index in [0.29, 0.717) is 22.9 Å². The molecule has 0 aromatic carbocycles. The molecule has 0 spiro atoms. The lowest BCUT2D eigenvalue weighted by atomic mass is 9.44. The van der Waals surface area contributed by atoms with Crippen LogP contribution >= 0.6 is 0 Å². The highest BCUT2D eigenvalue weighted by Crippen LogP contribution is 2.67. The van der Waals surface area contributed by atoms with E-state index in [1.807, 2.05) is 0 Å². The Bertz CT molecular complexity index is 729. The van der Waals surface area contributed by atoms with E-state index in [9.17, 15) is 0 Å². The fourth-order valence-electron chi connectivity index (χ4n) is 9.64. The molecule has 7 unspecified atom stereocenters. The minimum Gasteiger partial charge on any atom is -0.378 e. The van der Waals surface area contributed by atoms with Gasteiger partial charge < -0.3 is 10.5 Å². The molecule has 0 aromatic rings. The molecule has 3 saturated carbocycles. The fraction of sp³-hybridized carbons (Fsp3) is 0.941. The summed E-state index contributed by atoms with van der Waals surface area (Å²) in [7, 11) is 0. The molecule has 0 aromatic heterocycles. The second-order valence-corrected chi connectivity index (χ2v) is 14.6. The zero-order chi connectivity index (χ0) is 25.8. The summed E-state index contributed by atoms with van der Waals surface area (Å²) in [6.45, 7) is 13.2. The minimum atomic E-state index is 0.0180. The Morgan fingerprint density at radius 2 is 1.69 bits per heavy atom. The van der Waals surface area contributed by atoms with Gasteiger partial charge in [0.2, 0.25) is 0 Å². The predicted molar refractivity (Wildman–Crippen MR) is 155 cm³/mol. The van der Waals surface area contributed by atoms with E-state index in [-0.39, 0.29) is 5.54 Å². The van der Waals surface area contributed by atoms with Crippen molar-refractivity contribution in [3.63, 3.8) is 0 Å². The van der Waals surface area contributed by atoms with Crippen molar-refractivity contribution >= 4 is 0 Å². The first kappa shape index (κ1) is 28.7. The monoisotopic (exact) mass is 499 g/mol. The van der Waals surface area contributed by atoms with Crippen LogP contribution in [-0.4, -0.2) is 18.2 Å². The molecule has 0 aliphatic heterocycles. The van der Waals surface area contributed by atoms with Gasteiger partial charge in [-0.1, -0.05) is 97.6 Å². The average Bonchev–Trinajstić information content (AvgIpc) is 3.18. The molecular weight excluding hydrogens is 438 g/mol. The Balaban J connectivity index is 1.34. The van der Waals surface area contributed by atoms with Crippen LogP contribution in [0.2, 0.25) is 0 Å². The van der Waals surface area contributed by atoms with E-state index >= 15 is 0 Å². The van der Waals surface area contributed by atoms with Crippen LogP contribution in [0.5, 0.6) is 0 Å². The largest absolute Gasteiger partial charge is 0.378 e. The highest BCUT2D eigenvalue weighted by Gasteiger charge is 2.63. The van der Waals surface area contributed by atoms with Crippen molar-refractivity contribution in [2.24, 2.45) is 40.2 Å². The summed E-state index contributed by atoms with van der Waals surface area (Å²) in [6, 6.07) is 0. The van der Waals surface area contributed by atoms with E-state index < -0.39 is 0 Å². The lowest BCUT2D eigenvalue weighted by Crippen LogP contribution is -2.66. The van der Waals surface area contributed by atoms with Gasteiger partial charge in [-0.15, -0.1) is 0 Å². The molecule has 7 atom stereocenters. The molecule has 0 heterocycles. The van der Waals surface area contributed by atoms with Crippen LogP contribution in [0.3, 0.4) is 0 Å². The average molecular weight is 500 g/mol. The summed E-state index contributed by atoms with van der Waals surface area (Å²) in [5.74, 6) is 3.14. The third kappa shape index (κ3) is 5.80. The second-order valence-electron chi connectivity index (χ2n) is 14.6. The quantitative estimate of drug-likeness (QED) is 0.202. The van der Waals surface area contributed by atoms with Crippen molar-refractivity contribution in [3.8, 4) is 0 Å². The van der Waals surface area contributed by atoms with Crippen LogP contribution in [0.15, 0.2) is 11.6 Å². The molecule has 36 heavy (non-hydrogen) atoms. The molecule has 208 valence electrons. The van der Waals surface area contributed by atoms with E-state index in [0.717, 1.165) is 30.8 Å². The first-order valence-corrected chi connectivity index (χ1v) is 16.3. The molecule has 2 nitrogen and oxygen atoms in total. The first-order valence-electron chi connectivity index (χ1n) is 16.3. The lowest BCUT2D eigenvalue weighted by molar-refractivity contribution is -0.0741. The van der Waals surface area contributed by atoms with E-state index in [1.165, 1.54) is 109 Å². The zero-order valence-corrected chi connectivity index (χ0v) is 24.9. The SMILES string of the molecule is CCCCCCCCOC1CCC2(C)C(=CCC3(N)C2CCC2(C)C(CCCCC(C)C)CCC23)C1. The molecular formula is C34H61NO. The number of ether oxygens (including phenoxy) is 1. The maximum atomic E-state index is 7.59. The predicted octanol–water partition coefficient (Wildman–Crippen LogP) is 9.61. The van der Waals surface area contributed by atoms with E-state index in [4.69, 9.17) is 10.5 Å². The maximum Gasteiger partial charge on any atom is 0.0612 e. The molecule has 4 aliphatic carbocycles. The van der Waals surface area contributed by atoms with Crippen molar-refractivity contribution < 1.29 is 4.74 Å². The summed E-state index contributed by atoms with van der Waals surface area (Å²) in [4.78, 5) is 0. The van der Waals surface area contributed by atoms with E-state index in [2.05, 4.69) is 40.7 Å². The first-order chi connectivity index (χ1) is 17.2. The van der Waals surface area contributed by atoms with Crippen molar-refractivity contribution in [1.82, 2.24) is 0 Å². The van der Waals surface area contributed by atoms with Gasteiger partial charge in [0.05, 0.1) is 6.10 Å². The normalized spacial score (nSPS) is 40.0. The standard InChI is InChI=1S/C34H61NO/c1-6-7-8-9-10-13-24-36-29-19-21-33(5)28(25-29)18-23-34(35)30-17-16-27(15-12-11-14-26(2)3)32(30,4)22-20-31(33)34/h18,26-27,29-31H,6-17,19-25,35H2,1-5H3. The Labute approximate surface area is 225 Å². The number of rotatable bonds is 13. The van der Waals surface area contributed by atoms with Crippen LogP contribution in [0, 0.1) is 34.5 Å². The summed E-state index contributed by atoms with van der Waals surface area (Å²) < 4.78 is 6.43. The number of fused-ring (bicyclic) bond motifs is 5. The van der Waals surface area contributed by atoms with E-state index in [1.54, 1.807) is 5.57 Å².